The lowest BCUT2D eigenvalue weighted by Gasteiger charge is -2.08. The summed E-state index contributed by atoms with van der Waals surface area (Å²) in [5.74, 6) is 0. The summed E-state index contributed by atoms with van der Waals surface area (Å²) in [7, 11) is -3.68. The smallest absolute Gasteiger partial charge is 0.323 e. The molecule has 1 heterocycles. The van der Waals surface area contributed by atoms with Gasteiger partial charge in [-0.25, -0.2) is 17.9 Å². The SMILES string of the molecule is Cc1cc2[nH]c(=O)[nH]c2cc1S(=O)(=O)NCCO. The lowest BCUT2D eigenvalue weighted by molar-refractivity contribution is 0.301. The first-order valence-corrected chi connectivity index (χ1v) is 6.75. The second-order valence-electron chi connectivity index (χ2n) is 3.86. The van der Waals surface area contributed by atoms with E-state index in [2.05, 4.69) is 14.7 Å². The number of nitrogens with one attached hydrogen (secondary N) is 3. The quantitative estimate of drug-likeness (QED) is 0.596. The molecule has 0 fully saturated rings. The Labute approximate surface area is 103 Å². The zero-order valence-corrected chi connectivity index (χ0v) is 10.5. The van der Waals surface area contributed by atoms with Crippen molar-refractivity contribution >= 4 is 21.1 Å². The van der Waals surface area contributed by atoms with Gasteiger partial charge in [0, 0.05) is 6.54 Å². The van der Waals surface area contributed by atoms with E-state index in [0.717, 1.165) is 0 Å². The van der Waals surface area contributed by atoms with E-state index in [1.54, 1.807) is 13.0 Å². The van der Waals surface area contributed by atoms with Crippen molar-refractivity contribution in [2.75, 3.05) is 13.2 Å². The number of fused-ring (bicyclic) bond motifs is 1. The monoisotopic (exact) mass is 271 g/mol. The van der Waals surface area contributed by atoms with E-state index >= 15 is 0 Å². The summed E-state index contributed by atoms with van der Waals surface area (Å²) in [5.41, 5.74) is 1.11. The number of imidazole rings is 1. The van der Waals surface area contributed by atoms with Crippen molar-refractivity contribution in [2.24, 2.45) is 0 Å². The molecule has 0 aliphatic carbocycles. The highest BCUT2D eigenvalue weighted by Crippen LogP contribution is 2.19. The molecule has 2 aromatic rings. The standard InChI is InChI=1S/C10H13N3O4S/c1-6-4-7-8(13-10(15)12-7)5-9(6)18(16,17)11-2-3-14/h4-5,11,14H,2-3H2,1H3,(H2,12,13,15). The van der Waals surface area contributed by atoms with Crippen LogP contribution in [0.1, 0.15) is 5.56 Å². The zero-order chi connectivity index (χ0) is 13.3. The van der Waals surface area contributed by atoms with Crippen molar-refractivity contribution in [3.8, 4) is 0 Å². The molecule has 1 aromatic heterocycles. The summed E-state index contributed by atoms with van der Waals surface area (Å²) in [6.07, 6.45) is 0. The minimum Gasteiger partial charge on any atom is -0.395 e. The Morgan fingerprint density at radius 1 is 1.28 bits per heavy atom. The lowest BCUT2D eigenvalue weighted by Crippen LogP contribution is -2.27. The third-order valence-corrected chi connectivity index (χ3v) is 4.11. The van der Waals surface area contributed by atoms with Crippen LogP contribution < -0.4 is 10.4 Å². The lowest BCUT2D eigenvalue weighted by atomic mass is 10.2. The second kappa shape index (κ2) is 4.56. The van der Waals surface area contributed by atoms with Crippen LogP contribution in [-0.2, 0) is 10.0 Å². The van der Waals surface area contributed by atoms with Gasteiger partial charge in [0.2, 0.25) is 10.0 Å². The Hall–Kier alpha value is -1.64. The number of sulfonamides is 1. The second-order valence-corrected chi connectivity index (χ2v) is 5.60. The number of aromatic nitrogens is 2. The fourth-order valence-electron chi connectivity index (χ4n) is 1.72. The van der Waals surface area contributed by atoms with Crippen LogP contribution in [-0.4, -0.2) is 36.6 Å². The van der Waals surface area contributed by atoms with Crippen LogP contribution in [0.5, 0.6) is 0 Å². The molecular formula is C10H13N3O4S. The molecule has 0 amide bonds. The number of benzene rings is 1. The number of rotatable bonds is 4. The highest BCUT2D eigenvalue weighted by atomic mass is 32.2. The maximum Gasteiger partial charge on any atom is 0.323 e. The highest BCUT2D eigenvalue weighted by molar-refractivity contribution is 7.89. The first-order valence-electron chi connectivity index (χ1n) is 5.27. The summed E-state index contributed by atoms with van der Waals surface area (Å²) in [6, 6.07) is 2.98. The predicted octanol–water partition coefficient (Wildman–Crippen LogP) is -0.565. The summed E-state index contributed by atoms with van der Waals surface area (Å²) in [4.78, 5) is 16.3. The van der Waals surface area contributed by atoms with Gasteiger partial charge in [-0.3, -0.25) is 0 Å². The largest absolute Gasteiger partial charge is 0.395 e. The van der Waals surface area contributed by atoms with Crippen molar-refractivity contribution < 1.29 is 13.5 Å². The molecule has 0 unspecified atom stereocenters. The van der Waals surface area contributed by atoms with Gasteiger partial charge in [0.05, 0.1) is 22.5 Å². The molecule has 8 heteroatoms. The van der Waals surface area contributed by atoms with Crippen LogP contribution >= 0.6 is 0 Å². The highest BCUT2D eigenvalue weighted by Gasteiger charge is 2.17. The van der Waals surface area contributed by atoms with Gasteiger partial charge in [-0.2, -0.15) is 0 Å². The zero-order valence-electron chi connectivity index (χ0n) is 9.65. The molecule has 2 rings (SSSR count). The van der Waals surface area contributed by atoms with E-state index in [1.807, 2.05) is 0 Å². The van der Waals surface area contributed by atoms with Crippen LogP contribution in [0.25, 0.3) is 11.0 Å². The molecule has 0 bridgehead atoms. The summed E-state index contributed by atoms with van der Waals surface area (Å²) in [6.45, 7) is 1.31. The van der Waals surface area contributed by atoms with Crippen LogP contribution in [0.15, 0.2) is 21.8 Å². The van der Waals surface area contributed by atoms with E-state index in [-0.39, 0.29) is 23.7 Å². The van der Waals surface area contributed by atoms with Gasteiger partial charge in [-0.1, -0.05) is 0 Å². The number of hydrogen-bond donors (Lipinski definition) is 4. The Kier molecular flexibility index (Phi) is 3.24. The van der Waals surface area contributed by atoms with Crippen molar-refractivity contribution in [1.82, 2.24) is 14.7 Å². The van der Waals surface area contributed by atoms with E-state index < -0.39 is 10.0 Å². The van der Waals surface area contributed by atoms with Crippen molar-refractivity contribution in [2.45, 2.75) is 11.8 Å². The molecule has 0 aliphatic rings. The number of hydrogen-bond acceptors (Lipinski definition) is 4. The van der Waals surface area contributed by atoms with Gasteiger partial charge in [0.1, 0.15) is 0 Å². The van der Waals surface area contributed by atoms with Gasteiger partial charge in [0.25, 0.3) is 0 Å². The van der Waals surface area contributed by atoms with Gasteiger partial charge in [-0.15, -0.1) is 0 Å². The van der Waals surface area contributed by atoms with Gasteiger partial charge >= 0.3 is 5.69 Å². The Morgan fingerprint density at radius 2 is 1.89 bits per heavy atom. The predicted molar refractivity (Wildman–Crippen MR) is 65.9 cm³/mol. The third kappa shape index (κ3) is 2.30. The molecule has 4 N–H and O–H groups in total. The first kappa shape index (κ1) is 12.8. The average Bonchev–Trinajstić information content (AvgIpc) is 2.64. The number of aliphatic hydroxyl groups excluding tert-OH is 1. The molecule has 0 spiro atoms. The van der Waals surface area contributed by atoms with Crippen molar-refractivity contribution in [1.29, 1.82) is 0 Å². The number of aliphatic hydroxyl groups is 1. The minimum atomic E-state index is -3.68. The van der Waals surface area contributed by atoms with Crippen LogP contribution in [0, 0.1) is 6.92 Å². The third-order valence-electron chi connectivity index (χ3n) is 2.50. The number of aromatic amines is 2. The summed E-state index contributed by atoms with van der Waals surface area (Å²) >= 11 is 0. The van der Waals surface area contributed by atoms with Gasteiger partial charge in [0.15, 0.2) is 0 Å². The van der Waals surface area contributed by atoms with Gasteiger partial charge in [-0.05, 0) is 24.6 Å². The number of H-pyrrole nitrogens is 2. The summed E-state index contributed by atoms with van der Waals surface area (Å²) in [5, 5.41) is 8.64. The molecule has 98 valence electrons. The molecule has 0 saturated heterocycles. The maximum absolute atomic E-state index is 11.9. The molecule has 0 atom stereocenters. The Bertz CT molecular complexity index is 729. The number of aryl methyl sites for hydroxylation is 1. The fourth-order valence-corrected chi connectivity index (χ4v) is 2.99. The van der Waals surface area contributed by atoms with Crippen LogP contribution in [0.4, 0.5) is 0 Å². The topological polar surface area (TPSA) is 115 Å². The molecule has 1 aromatic carbocycles. The summed E-state index contributed by atoms with van der Waals surface area (Å²) < 4.78 is 26.1. The first-order chi connectivity index (χ1) is 8.44. The van der Waals surface area contributed by atoms with E-state index in [4.69, 9.17) is 5.11 Å². The minimum absolute atomic E-state index is 0.0521. The van der Waals surface area contributed by atoms with E-state index in [9.17, 15) is 13.2 Å². The maximum atomic E-state index is 11.9. The van der Waals surface area contributed by atoms with Crippen LogP contribution in [0.2, 0.25) is 0 Å². The van der Waals surface area contributed by atoms with E-state index in [0.29, 0.717) is 16.6 Å². The van der Waals surface area contributed by atoms with Crippen molar-refractivity contribution in [3.05, 3.63) is 28.2 Å². The Balaban J connectivity index is 2.56. The molecule has 18 heavy (non-hydrogen) atoms. The molecular weight excluding hydrogens is 258 g/mol. The Morgan fingerprint density at radius 3 is 2.50 bits per heavy atom. The van der Waals surface area contributed by atoms with E-state index in [1.165, 1.54) is 6.07 Å². The van der Waals surface area contributed by atoms with Crippen molar-refractivity contribution in [3.63, 3.8) is 0 Å². The van der Waals surface area contributed by atoms with Gasteiger partial charge < -0.3 is 15.1 Å². The average molecular weight is 271 g/mol. The fraction of sp³-hybridized carbons (Fsp3) is 0.300. The normalized spacial score (nSPS) is 12.1. The molecule has 7 nitrogen and oxygen atoms in total. The molecule has 0 aliphatic heterocycles. The molecule has 0 radical (unpaired) electrons. The molecule has 0 saturated carbocycles. The van der Waals surface area contributed by atoms with Crippen LogP contribution in [0.3, 0.4) is 0 Å².